The fourth-order valence-electron chi connectivity index (χ4n) is 6.94. The summed E-state index contributed by atoms with van der Waals surface area (Å²) in [6.07, 6.45) is 3.68. The second-order valence-electron chi connectivity index (χ2n) is 11.8. The van der Waals surface area contributed by atoms with Crippen LogP contribution in [0.15, 0.2) is 155 Å². The Hall–Kier alpha value is -6.26. The Morgan fingerprint density at radius 1 is 0.348 bits per heavy atom. The second kappa shape index (κ2) is 9.62. The van der Waals surface area contributed by atoms with Gasteiger partial charge in [0.1, 0.15) is 22.3 Å². The number of furan rings is 2. The van der Waals surface area contributed by atoms with Crippen molar-refractivity contribution in [2.45, 2.75) is 0 Å². The van der Waals surface area contributed by atoms with E-state index in [1.807, 2.05) is 48.8 Å². The molecule has 0 saturated heterocycles. The minimum Gasteiger partial charge on any atom is -0.456 e. The van der Waals surface area contributed by atoms with Crippen molar-refractivity contribution >= 4 is 65.7 Å². The lowest BCUT2D eigenvalue weighted by Gasteiger charge is -2.14. The molecule has 46 heavy (non-hydrogen) atoms. The van der Waals surface area contributed by atoms with Gasteiger partial charge in [-0.05, 0) is 106 Å². The molecule has 0 spiro atoms. The van der Waals surface area contributed by atoms with E-state index in [4.69, 9.17) is 18.8 Å². The van der Waals surface area contributed by atoms with Gasteiger partial charge in [-0.15, -0.1) is 0 Å². The Bertz CT molecular complexity index is 2690. The van der Waals surface area contributed by atoms with Gasteiger partial charge in [-0.2, -0.15) is 0 Å². The van der Waals surface area contributed by atoms with E-state index in [0.717, 1.165) is 99.1 Å². The largest absolute Gasteiger partial charge is 0.456 e. The molecule has 0 aliphatic carbocycles. The number of fused-ring (bicyclic) bond motifs is 9. The molecule has 214 valence electrons. The summed E-state index contributed by atoms with van der Waals surface area (Å²) in [5.41, 5.74) is 12.1. The van der Waals surface area contributed by atoms with E-state index in [-0.39, 0.29) is 0 Å². The Morgan fingerprint density at radius 2 is 0.870 bits per heavy atom. The zero-order chi connectivity index (χ0) is 30.2. The van der Waals surface area contributed by atoms with Crippen LogP contribution in [0.3, 0.4) is 0 Å². The molecule has 10 rings (SSSR count). The van der Waals surface area contributed by atoms with Crippen molar-refractivity contribution in [3.63, 3.8) is 0 Å². The molecule has 0 radical (unpaired) electrons. The average Bonchev–Trinajstić information content (AvgIpc) is 3.69. The molecule has 0 amide bonds. The van der Waals surface area contributed by atoms with Gasteiger partial charge < -0.3 is 8.83 Å². The number of pyridine rings is 2. The molecule has 4 aromatic heterocycles. The van der Waals surface area contributed by atoms with Crippen molar-refractivity contribution in [1.29, 1.82) is 0 Å². The molecule has 0 saturated carbocycles. The summed E-state index contributed by atoms with van der Waals surface area (Å²) < 4.78 is 12.3. The molecule has 0 bridgehead atoms. The summed E-state index contributed by atoms with van der Waals surface area (Å²) in [6, 6.07) is 46.8. The van der Waals surface area contributed by atoms with Crippen molar-refractivity contribution in [1.82, 2.24) is 9.97 Å². The van der Waals surface area contributed by atoms with Gasteiger partial charge in [-0.25, -0.2) is 0 Å². The molecule has 4 nitrogen and oxygen atoms in total. The summed E-state index contributed by atoms with van der Waals surface area (Å²) in [7, 11) is 0. The molecule has 6 aromatic carbocycles. The maximum Gasteiger partial charge on any atom is 0.135 e. The van der Waals surface area contributed by atoms with E-state index < -0.39 is 0 Å². The van der Waals surface area contributed by atoms with Gasteiger partial charge in [0.05, 0.1) is 11.0 Å². The van der Waals surface area contributed by atoms with E-state index in [1.54, 1.807) is 0 Å². The number of rotatable bonds is 3. The lowest BCUT2D eigenvalue weighted by atomic mass is 9.90. The molecule has 0 fully saturated rings. The van der Waals surface area contributed by atoms with E-state index in [1.165, 1.54) is 0 Å². The zero-order valence-electron chi connectivity index (χ0n) is 24.6. The summed E-state index contributed by atoms with van der Waals surface area (Å²) >= 11 is 0. The fourth-order valence-corrected chi connectivity index (χ4v) is 6.94. The summed E-state index contributed by atoms with van der Waals surface area (Å²) in [6.45, 7) is 0. The molecule has 0 unspecified atom stereocenters. The van der Waals surface area contributed by atoms with Crippen LogP contribution in [0.5, 0.6) is 0 Å². The molecular weight excluding hydrogens is 564 g/mol. The van der Waals surface area contributed by atoms with Crippen LogP contribution in [-0.2, 0) is 0 Å². The Balaban J connectivity index is 1.25. The minimum atomic E-state index is 0.887. The molecule has 4 heteroatoms. The first-order valence-corrected chi connectivity index (χ1v) is 15.4. The highest BCUT2D eigenvalue weighted by Crippen LogP contribution is 2.40. The number of benzene rings is 6. The maximum absolute atomic E-state index is 6.17. The van der Waals surface area contributed by atoms with Crippen molar-refractivity contribution in [2.75, 3.05) is 0 Å². The molecular formula is C42H24N2O2. The first-order valence-electron chi connectivity index (χ1n) is 15.4. The minimum absolute atomic E-state index is 0.887. The van der Waals surface area contributed by atoms with Crippen LogP contribution in [0, 0.1) is 0 Å². The quantitative estimate of drug-likeness (QED) is 0.193. The van der Waals surface area contributed by atoms with Gasteiger partial charge in [0, 0.05) is 44.7 Å². The molecule has 0 N–H and O–H groups in total. The van der Waals surface area contributed by atoms with Gasteiger partial charge in [-0.1, -0.05) is 60.7 Å². The third kappa shape index (κ3) is 3.80. The highest BCUT2D eigenvalue weighted by atomic mass is 16.3. The van der Waals surface area contributed by atoms with Crippen LogP contribution < -0.4 is 0 Å². The fraction of sp³-hybridized carbons (Fsp3) is 0. The highest BCUT2D eigenvalue weighted by molar-refractivity contribution is 6.11. The van der Waals surface area contributed by atoms with E-state index in [0.29, 0.717) is 0 Å². The van der Waals surface area contributed by atoms with Crippen molar-refractivity contribution in [3.8, 4) is 33.4 Å². The number of hydrogen-bond acceptors (Lipinski definition) is 4. The average molecular weight is 589 g/mol. The van der Waals surface area contributed by atoms with Crippen LogP contribution in [0.2, 0.25) is 0 Å². The summed E-state index contributed by atoms with van der Waals surface area (Å²) in [5.74, 6) is 0. The SMILES string of the molecule is c1cnc2c(c1)cc(-c1cc(-c3ccc4oc5ccccc5c4c3)cc(-c3ccc4oc5ccccc5c4c3)c1)c1cccnc12. The lowest BCUT2D eigenvalue weighted by Crippen LogP contribution is -1.91. The van der Waals surface area contributed by atoms with Gasteiger partial charge in [0.15, 0.2) is 0 Å². The van der Waals surface area contributed by atoms with E-state index in [9.17, 15) is 0 Å². The predicted octanol–water partition coefficient (Wildman–Crippen LogP) is 11.6. The monoisotopic (exact) mass is 588 g/mol. The number of para-hydroxylation sites is 2. The number of nitrogens with zero attached hydrogens (tertiary/aromatic N) is 2. The summed E-state index contributed by atoms with van der Waals surface area (Å²) in [5, 5.41) is 6.59. The van der Waals surface area contributed by atoms with Crippen molar-refractivity contribution in [2.24, 2.45) is 0 Å². The first kappa shape index (κ1) is 25.1. The zero-order valence-corrected chi connectivity index (χ0v) is 24.6. The first-order chi connectivity index (χ1) is 22.8. The third-order valence-electron chi connectivity index (χ3n) is 9.13. The Kier molecular flexibility index (Phi) is 5.25. The van der Waals surface area contributed by atoms with Crippen LogP contribution in [-0.4, -0.2) is 9.97 Å². The normalized spacial score (nSPS) is 11.9. The standard InChI is InChI=1S/C42H24N2O2/c1-3-11-37-31(8-1)35-22-25(13-15-39(35)45-37)28-19-29(26-14-16-40-36(23-26)32-9-2-4-12-38(32)46-40)21-30(20-28)34-24-27-7-5-17-43-41(27)42-33(34)10-6-18-44-42/h1-24H. The Labute approximate surface area is 263 Å². The van der Waals surface area contributed by atoms with Crippen LogP contribution in [0.4, 0.5) is 0 Å². The summed E-state index contributed by atoms with van der Waals surface area (Å²) in [4.78, 5) is 9.48. The van der Waals surface area contributed by atoms with E-state index >= 15 is 0 Å². The third-order valence-corrected chi connectivity index (χ3v) is 9.13. The van der Waals surface area contributed by atoms with Crippen molar-refractivity contribution < 1.29 is 8.83 Å². The predicted molar refractivity (Wildman–Crippen MR) is 188 cm³/mol. The van der Waals surface area contributed by atoms with Crippen LogP contribution in [0.1, 0.15) is 0 Å². The van der Waals surface area contributed by atoms with Crippen molar-refractivity contribution in [3.05, 3.63) is 146 Å². The maximum atomic E-state index is 6.17. The topological polar surface area (TPSA) is 52.1 Å². The van der Waals surface area contributed by atoms with Crippen LogP contribution in [0.25, 0.3) is 99.1 Å². The molecule has 0 atom stereocenters. The molecule has 4 heterocycles. The number of hydrogen-bond donors (Lipinski definition) is 0. The van der Waals surface area contributed by atoms with Gasteiger partial charge in [0.25, 0.3) is 0 Å². The Morgan fingerprint density at radius 3 is 1.52 bits per heavy atom. The van der Waals surface area contributed by atoms with Gasteiger partial charge in [0.2, 0.25) is 0 Å². The van der Waals surface area contributed by atoms with Crippen LogP contribution >= 0.6 is 0 Å². The van der Waals surface area contributed by atoms with Gasteiger partial charge in [-0.3, -0.25) is 9.97 Å². The molecule has 10 aromatic rings. The molecule has 0 aliphatic rings. The highest BCUT2D eigenvalue weighted by Gasteiger charge is 2.16. The van der Waals surface area contributed by atoms with E-state index in [2.05, 4.69) is 97.1 Å². The van der Waals surface area contributed by atoms with Gasteiger partial charge >= 0.3 is 0 Å². The smallest absolute Gasteiger partial charge is 0.135 e. The number of aromatic nitrogens is 2. The molecule has 0 aliphatic heterocycles. The lowest BCUT2D eigenvalue weighted by molar-refractivity contribution is 0.668. The second-order valence-corrected chi connectivity index (χ2v) is 11.8.